The summed E-state index contributed by atoms with van der Waals surface area (Å²) in [6, 6.07) is 12.5. The van der Waals surface area contributed by atoms with Crippen LogP contribution in [0.2, 0.25) is 0 Å². The first-order chi connectivity index (χ1) is 10.8. The van der Waals surface area contributed by atoms with Gasteiger partial charge in [0.25, 0.3) is 0 Å². The van der Waals surface area contributed by atoms with E-state index in [0.29, 0.717) is 16.8 Å². The van der Waals surface area contributed by atoms with Crippen molar-refractivity contribution in [3.05, 3.63) is 66.0 Å². The summed E-state index contributed by atoms with van der Waals surface area (Å²) < 4.78 is 10.6. The molecule has 0 radical (unpaired) electrons. The summed E-state index contributed by atoms with van der Waals surface area (Å²) in [5, 5.41) is 0. The molecule has 3 aromatic rings. The van der Waals surface area contributed by atoms with Gasteiger partial charge in [0.15, 0.2) is 0 Å². The van der Waals surface area contributed by atoms with Crippen LogP contribution in [0.5, 0.6) is 5.75 Å². The summed E-state index contributed by atoms with van der Waals surface area (Å²) in [7, 11) is 1.59. The van der Waals surface area contributed by atoms with Gasteiger partial charge < -0.3 is 9.47 Å². The first-order valence-electron chi connectivity index (χ1n) is 6.78. The highest BCUT2D eigenvalue weighted by Gasteiger charge is 2.10. The lowest BCUT2D eigenvalue weighted by Crippen LogP contribution is -2.06. The lowest BCUT2D eigenvalue weighted by Gasteiger charge is -2.09. The number of ether oxygens (including phenoxy) is 2. The van der Waals surface area contributed by atoms with E-state index in [1.165, 1.54) is 0 Å². The molecule has 0 saturated heterocycles. The van der Waals surface area contributed by atoms with Crippen LogP contribution in [0.25, 0.3) is 11.0 Å². The van der Waals surface area contributed by atoms with Gasteiger partial charge >= 0.3 is 5.97 Å². The molecule has 5 heteroatoms. The number of hydrogen-bond acceptors (Lipinski definition) is 5. The maximum Gasteiger partial charge on any atom is 0.338 e. The van der Waals surface area contributed by atoms with Crippen molar-refractivity contribution in [2.24, 2.45) is 0 Å². The number of benzene rings is 2. The molecular weight excluding hydrogens is 280 g/mol. The van der Waals surface area contributed by atoms with Crippen LogP contribution in [0.3, 0.4) is 0 Å². The molecule has 0 bridgehead atoms. The number of hydrogen-bond donors (Lipinski definition) is 0. The van der Waals surface area contributed by atoms with Crippen molar-refractivity contribution in [3.63, 3.8) is 0 Å². The number of nitrogens with zero attached hydrogens (tertiary/aromatic N) is 2. The maximum absolute atomic E-state index is 12.2. The SMILES string of the molecule is COc1ccccc1COC(=O)c1ccc2nccnc2c1. The summed E-state index contributed by atoms with van der Waals surface area (Å²) in [6.07, 6.45) is 3.20. The number of esters is 1. The van der Waals surface area contributed by atoms with Crippen molar-refractivity contribution in [3.8, 4) is 5.75 Å². The molecule has 0 N–H and O–H groups in total. The van der Waals surface area contributed by atoms with Gasteiger partial charge in [-0.05, 0) is 24.3 Å². The molecule has 1 heterocycles. The predicted octanol–water partition coefficient (Wildman–Crippen LogP) is 3.00. The average Bonchev–Trinajstić information content (AvgIpc) is 2.59. The van der Waals surface area contributed by atoms with Crippen LogP contribution in [-0.2, 0) is 11.3 Å². The smallest absolute Gasteiger partial charge is 0.338 e. The highest BCUT2D eigenvalue weighted by Crippen LogP contribution is 2.19. The fourth-order valence-corrected chi connectivity index (χ4v) is 2.14. The Kier molecular flexibility index (Phi) is 3.96. The Balaban J connectivity index is 1.75. The number of aromatic nitrogens is 2. The lowest BCUT2D eigenvalue weighted by atomic mass is 10.2. The molecule has 0 fully saturated rings. The van der Waals surface area contributed by atoms with Gasteiger partial charge in [0.1, 0.15) is 12.4 Å². The van der Waals surface area contributed by atoms with Crippen LogP contribution in [-0.4, -0.2) is 23.0 Å². The normalized spacial score (nSPS) is 10.4. The molecule has 0 aliphatic carbocycles. The summed E-state index contributed by atoms with van der Waals surface area (Å²) in [5.41, 5.74) is 2.67. The highest BCUT2D eigenvalue weighted by molar-refractivity contribution is 5.93. The molecular formula is C17H14N2O3. The monoisotopic (exact) mass is 294 g/mol. The Morgan fingerprint density at radius 2 is 1.82 bits per heavy atom. The minimum atomic E-state index is -0.404. The number of fused-ring (bicyclic) bond motifs is 1. The number of rotatable bonds is 4. The zero-order valence-corrected chi connectivity index (χ0v) is 12.0. The quantitative estimate of drug-likeness (QED) is 0.692. The number of carbonyl (C=O) groups is 1. The molecule has 22 heavy (non-hydrogen) atoms. The number of carbonyl (C=O) groups excluding carboxylic acids is 1. The second-order valence-corrected chi connectivity index (χ2v) is 4.65. The minimum absolute atomic E-state index is 0.154. The molecule has 1 aromatic heterocycles. The fraction of sp³-hybridized carbons (Fsp3) is 0.118. The van der Waals surface area contributed by atoms with Gasteiger partial charge in [0.05, 0.1) is 23.7 Å². The lowest BCUT2D eigenvalue weighted by molar-refractivity contribution is 0.0470. The third-order valence-electron chi connectivity index (χ3n) is 3.26. The Bertz CT molecular complexity index is 818. The van der Waals surface area contributed by atoms with Crippen LogP contribution in [0, 0.1) is 0 Å². The average molecular weight is 294 g/mol. The molecule has 2 aromatic carbocycles. The third kappa shape index (κ3) is 2.88. The molecule has 0 saturated carbocycles. The van der Waals surface area contributed by atoms with Gasteiger partial charge in [-0.2, -0.15) is 0 Å². The standard InChI is InChI=1S/C17H14N2O3/c1-21-16-5-3-2-4-13(16)11-22-17(20)12-6-7-14-15(10-12)19-9-8-18-14/h2-10H,11H2,1H3. The Morgan fingerprint density at radius 3 is 2.64 bits per heavy atom. The molecule has 0 atom stereocenters. The van der Waals surface area contributed by atoms with Crippen molar-refractivity contribution in [2.75, 3.05) is 7.11 Å². The van der Waals surface area contributed by atoms with Crippen LogP contribution in [0.1, 0.15) is 15.9 Å². The van der Waals surface area contributed by atoms with Crippen LogP contribution >= 0.6 is 0 Å². The van der Waals surface area contributed by atoms with E-state index in [1.54, 1.807) is 37.7 Å². The van der Waals surface area contributed by atoms with E-state index >= 15 is 0 Å². The van der Waals surface area contributed by atoms with Crippen molar-refractivity contribution in [2.45, 2.75) is 6.61 Å². The zero-order valence-electron chi connectivity index (χ0n) is 12.0. The van der Waals surface area contributed by atoms with E-state index < -0.39 is 5.97 Å². The van der Waals surface area contributed by atoms with Crippen LogP contribution < -0.4 is 4.74 Å². The van der Waals surface area contributed by atoms with E-state index in [9.17, 15) is 4.79 Å². The molecule has 110 valence electrons. The van der Waals surface area contributed by atoms with E-state index in [-0.39, 0.29) is 6.61 Å². The van der Waals surface area contributed by atoms with Crippen LogP contribution in [0.4, 0.5) is 0 Å². The molecule has 0 aliphatic heterocycles. The van der Waals surface area contributed by atoms with E-state index in [2.05, 4.69) is 9.97 Å². The molecule has 0 aliphatic rings. The largest absolute Gasteiger partial charge is 0.496 e. The second kappa shape index (κ2) is 6.22. The van der Waals surface area contributed by atoms with E-state index in [0.717, 1.165) is 11.1 Å². The van der Waals surface area contributed by atoms with Crippen molar-refractivity contribution >= 4 is 17.0 Å². The van der Waals surface area contributed by atoms with Gasteiger partial charge in [-0.25, -0.2) is 4.79 Å². The summed E-state index contributed by atoms with van der Waals surface area (Å²) >= 11 is 0. The fourth-order valence-electron chi connectivity index (χ4n) is 2.14. The summed E-state index contributed by atoms with van der Waals surface area (Å²) in [6.45, 7) is 0.154. The van der Waals surface area contributed by atoms with Crippen LogP contribution in [0.15, 0.2) is 54.9 Å². The van der Waals surface area contributed by atoms with Crippen molar-refractivity contribution in [1.29, 1.82) is 0 Å². The molecule has 5 nitrogen and oxygen atoms in total. The topological polar surface area (TPSA) is 61.3 Å². The van der Waals surface area contributed by atoms with Crippen molar-refractivity contribution in [1.82, 2.24) is 9.97 Å². The Morgan fingerprint density at radius 1 is 1.05 bits per heavy atom. The van der Waals surface area contributed by atoms with Gasteiger partial charge in [0.2, 0.25) is 0 Å². The van der Waals surface area contributed by atoms with Gasteiger partial charge in [-0.3, -0.25) is 9.97 Å². The highest BCUT2D eigenvalue weighted by atomic mass is 16.5. The van der Waals surface area contributed by atoms with E-state index in [1.807, 2.05) is 24.3 Å². The van der Waals surface area contributed by atoms with Gasteiger partial charge in [-0.1, -0.05) is 18.2 Å². The van der Waals surface area contributed by atoms with Gasteiger partial charge in [0, 0.05) is 18.0 Å². The molecule has 0 spiro atoms. The number of para-hydroxylation sites is 1. The number of methoxy groups -OCH3 is 1. The zero-order chi connectivity index (χ0) is 15.4. The molecule has 0 unspecified atom stereocenters. The first-order valence-corrected chi connectivity index (χ1v) is 6.78. The first kappa shape index (κ1) is 14.0. The van der Waals surface area contributed by atoms with Gasteiger partial charge in [-0.15, -0.1) is 0 Å². The minimum Gasteiger partial charge on any atom is -0.496 e. The van der Waals surface area contributed by atoms with E-state index in [4.69, 9.17) is 9.47 Å². The predicted molar refractivity (Wildman–Crippen MR) is 81.7 cm³/mol. The third-order valence-corrected chi connectivity index (χ3v) is 3.26. The molecule has 0 amide bonds. The molecule has 3 rings (SSSR count). The Hall–Kier alpha value is -2.95. The summed E-state index contributed by atoms with van der Waals surface area (Å²) in [5.74, 6) is 0.290. The summed E-state index contributed by atoms with van der Waals surface area (Å²) in [4.78, 5) is 20.5. The maximum atomic E-state index is 12.2. The van der Waals surface area contributed by atoms with Crippen molar-refractivity contribution < 1.29 is 14.3 Å². The second-order valence-electron chi connectivity index (χ2n) is 4.65. The Labute approximate surface area is 127 Å².